The van der Waals surface area contributed by atoms with Gasteiger partial charge in [-0.15, -0.1) is 0 Å². The Morgan fingerprint density at radius 2 is 1.62 bits per heavy atom. The number of nitrogens with zero attached hydrogens (tertiary/aromatic N) is 5. The predicted molar refractivity (Wildman–Crippen MR) is 154 cm³/mol. The maximum atomic E-state index is 14.1. The highest BCUT2D eigenvalue weighted by Crippen LogP contribution is 2.42. The van der Waals surface area contributed by atoms with Crippen molar-refractivity contribution in [3.63, 3.8) is 0 Å². The van der Waals surface area contributed by atoms with Gasteiger partial charge < -0.3 is 5.32 Å². The molecule has 3 heterocycles. The van der Waals surface area contributed by atoms with E-state index >= 15 is 0 Å². The molecule has 0 bridgehead atoms. The Morgan fingerprint density at radius 3 is 2.17 bits per heavy atom. The molecule has 2 saturated carbocycles. The smallest absolute Gasteiger partial charge is 0.270 e. The van der Waals surface area contributed by atoms with Gasteiger partial charge in [0.25, 0.3) is 5.91 Å². The summed E-state index contributed by atoms with van der Waals surface area (Å²) < 4.78 is 1.67. The van der Waals surface area contributed by atoms with Crippen molar-refractivity contribution in [2.75, 3.05) is 5.32 Å². The van der Waals surface area contributed by atoms with E-state index in [1.54, 1.807) is 29.3 Å². The van der Waals surface area contributed by atoms with E-state index in [9.17, 15) is 9.59 Å². The Labute approximate surface area is 236 Å². The molecular formula is C30H42N8O2. The van der Waals surface area contributed by atoms with Crippen molar-refractivity contribution < 1.29 is 9.59 Å². The topological polar surface area (TPSA) is 130 Å². The third-order valence-electron chi connectivity index (χ3n) is 8.89. The summed E-state index contributed by atoms with van der Waals surface area (Å²) in [7, 11) is 0. The highest BCUT2D eigenvalue weighted by Gasteiger charge is 2.41. The number of hydrogen-bond acceptors (Lipinski definition) is 6. The molecule has 2 aliphatic rings. The van der Waals surface area contributed by atoms with Gasteiger partial charge in [-0.2, -0.15) is 10.2 Å². The Morgan fingerprint density at radius 1 is 1.00 bits per heavy atom. The van der Waals surface area contributed by atoms with Gasteiger partial charge in [0.15, 0.2) is 0 Å². The Bertz CT molecular complexity index is 1250. The number of carbonyl (C=O) groups excluding carboxylic acids is 2. The van der Waals surface area contributed by atoms with Crippen LogP contribution in [-0.4, -0.2) is 47.8 Å². The number of aromatic amines is 1. The molecule has 1 atom stereocenters. The SMILES string of the molecule is CCn1nccc1C(=O)N[C@H](C(=O)Nc1ncc(-c2c(C)n[nH]c2C)cn1)C(C1CCCCC1)C1CCCCC1. The summed E-state index contributed by atoms with van der Waals surface area (Å²) in [5.74, 6) is 0.590. The Kier molecular flexibility index (Phi) is 8.91. The molecule has 0 spiro atoms. The van der Waals surface area contributed by atoms with Crippen molar-refractivity contribution in [1.29, 1.82) is 0 Å². The van der Waals surface area contributed by atoms with Crippen LogP contribution in [0.25, 0.3) is 11.1 Å². The third-order valence-corrected chi connectivity index (χ3v) is 8.89. The summed E-state index contributed by atoms with van der Waals surface area (Å²) >= 11 is 0. The summed E-state index contributed by atoms with van der Waals surface area (Å²) in [5.41, 5.74) is 4.08. The number of amides is 2. The largest absolute Gasteiger partial charge is 0.339 e. The van der Waals surface area contributed by atoms with Gasteiger partial charge >= 0.3 is 0 Å². The van der Waals surface area contributed by atoms with E-state index in [1.807, 2.05) is 20.8 Å². The third kappa shape index (κ3) is 6.10. The first-order valence-corrected chi connectivity index (χ1v) is 14.9. The number of anilines is 1. The first-order chi connectivity index (χ1) is 19.5. The highest BCUT2D eigenvalue weighted by molar-refractivity contribution is 6.00. The van der Waals surface area contributed by atoms with Crippen molar-refractivity contribution in [3.8, 4) is 11.1 Å². The quantitative estimate of drug-likeness (QED) is 0.338. The molecule has 5 rings (SSSR count). The van der Waals surface area contributed by atoms with Crippen LogP contribution in [0.4, 0.5) is 5.95 Å². The molecular weight excluding hydrogens is 504 g/mol. The first kappa shape index (κ1) is 28.0. The predicted octanol–water partition coefficient (Wildman–Crippen LogP) is 5.21. The summed E-state index contributed by atoms with van der Waals surface area (Å²) in [6, 6.07) is 1.03. The number of aromatic nitrogens is 6. The zero-order chi connectivity index (χ0) is 28.1. The zero-order valence-corrected chi connectivity index (χ0v) is 23.9. The van der Waals surface area contributed by atoms with Gasteiger partial charge in [0, 0.05) is 42.0 Å². The monoisotopic (exact) mass is 546 g/mol. The average molecular weight is 547 g/mol. The molecule has 0 aliphatic heterocycles. The minimum absolute atomic E-state index is 0.0676. The lowest BCUT2D eigenvalue weighted by atomic mass is 9.66. The maximum Gasteiger partial charge on any atom is 0.270 e. The van der Waals surface area contributed by atoms with Gasteiger partial charge in [-0.25, -0.2) is 9.97 Å². The molecule has 40 heavy (non-hydrogen) atoms. The van der Waals surface area contributed by atoms with Crippen LogP contribution >= 0.6 is 0 Å². The minimum Gasteiger partial charge on any atom is -0.339 e. The zero-order valence-electron chi connectivity index (χ0n) is 23.9. The standard InChI is InChI=1S/C30H42N8O2/c1-4-38-24(15-16-33-38)28(39)34-27(26(21-11-7-5-8-12-21)22-13-9-6-10-14-22)29(40)35-30-31-17-23(18-32-30)25-19(2)36-37-20(25)3/h15-18,21-22,26-27H,4-14H2,1-3H3,(H,34,39)(H,36,37)(H,31,32,35,40)/t27-/m0/s1. The molecule has 10 heteroatoms. The van der Waals surface area contributed by atoms with E-state index in [0.717, 1.165) is 48.2 Å². The van der Waals surface area contributed by atoms with Crippen molar-refractivity contribution in [1.82, 2.24) is 35.3 Å². The number of hydrogen-bond donors (Lipinski definition) is 3. The second kappa shape index (κ2) is 12.7. The van der Waals surface area contributed by atoms with E-state index in [1.165, 1.54) is 38.5 Å². The van der Waals surface area contributed by atoms with Gasteiger partial charge in [-0.05, 0) is 44.6 Å². The van der Waals surface area contributed by atoms with E-state index in [0.29, 0.717) is 24.1 Å². The number of carbonyl (C=O) groups is 2. The fourth-order valence-electron chi connectivity index (χ4n) is 6.98. The number of H-pyrrole nitrogens is 1. The summed E-state index contributed by atoms with van der Waals surface area (Å²) in [5, 5.41) is 17.7. The second-order valence-electron chi connectivity index (χ2n) is 11.5. The molecule has 0 radical (unpaired) electrons. The molecule has 2 aliphatic carbocycles. The summed E-state index contributed by atoms with van der Waals surface area (Å²) in [6.45, 7) is 6.42. The number of rotatable bonds is 9. The van der Waals surface area contributed by atoms with Crippen LogP contribution in [0.2, 0.25) is 0 Å². The molecule has 10 nitrogen and oxygen atoms in total. The fraction of sp³-hybridized carbons (Fsp3) is 0.600. The second-order valence-corrected chi connectivity index (χ2v) is 11.5. The maximum absolute atomic E-state index is 14.1. The number of aryl methyl sites for hydroxylation is 3. The molecule has 3 N–H and O–H groups in total. The van der Waals surface area contributed by atoms with E-state index in [2.05, 4.69) is 35.9 Å². The lowest BCUT2D eigenvalue weighted by molar-refractivity contribution is -0.121. The van der Waals surface area contributed by atoms with Gasteiger partial charge in [-0.1, -0.05) is 64.2 Å². The van der Waals surface area contributed by atoms with Crippen molar-refractivity contribution in [2.45, 2.75) is 97.6 Å². The molecule has 3 aromatic rings. The fourth-order valence-corrected chi connectivity index (χ4v) is 6.98. The van der Waals surface area contributed by atoms with Crippen molar-refractivity contribution >= 4 is 17.8 Å². The van der Waals surface area contributed by atoms with Crippen LogP contribution < -0.4 is 10.6 Å². The lowest BCUT2D eigenvalue weighted by Crippen LogP contribution is -2.53. The molecule has 2 amide bonds. The van der Waals surface area contributed by atoms with Crippen LogP contribution in [-0.2, 0) is 11.3 Å². The summed E-state index contributed by atoms with van der Waals surface area (Å²) in [6.07, 6.45) is 16.6. The van der Waals surface area contributed by atoms with Crippen molar-refractivity contribution in [2.24, 2.45) is 17.8 Å². The van der Waals surface area contributed by atoms with Crippen LogP contribution in [0.5, 0.6) is 0 Å². The Balaban J connectivity index is 1.43. The average Bonchev–Trinajstić information content (AvgIpc) is 3.60. The van der Waals surface area contributed by atoms with E-state index < -0.39 is 6.04 Å². The normalized spacial score (nSPS) is 17.6. The molecule has 2 fully saturated rings. The Hall–Kier alpha value is -3.56. The van der Waals surface area contributed by atoms with E-state index in [4.69, 9.17) is 0 Å². The minimum atomic E-state index is -0.680. The first-order valence-electron chi connectivity index (χ1n) is 14.9. The van der Waals surface area contributed by atoms with Gasteiger partial charge in [0.05, 0.1) is 5.69 Å². The number of nitrogens with one attached hydrogen (secondary N) is 3. The molecule has 0 saturated heterocycles. The van der Waals surface area contributed by atoms with Crippen LogP contribution in [0.3, 0.4) is 0 Å². The van der Waals surface area contributed by atoms with Crippen LogP contribution in [0.15, 0.2) is 24.7 Å². The lowest BCUT2D eigenvalue weighted by Gasteiger charge is -2.41. The van der Waals surface area contributed by atoms with Crippen LogP contribution in [0.1, 0.15) is 93.0 Å². The molecule has 214 valence electrons. The van der Waals surface area contributed by atoms with Gasteiger partial charge in [0.2, 0.25) is 11.9 Å². The van der Waals surface area contributed by atoms with Gasteiger partial charge in [-0.3, -0.25) is 24.7 Å². The van der Waals surface area contributed by atoms with Gasteiger partial charge in [0.1, 0.15) is 11.7 Å². The molecule has 0 unspecified atom stereocenters. The molecule has 0 aromatic carbocycles. The summed E-state index contributed by atoms with van der Waals surface area (Å²) in [4.78, 5) is 36.6. The van der Waals surface area contributed by atoms with E-state index in [-0.39, 0.29) is 23.7 Å². The van der Waals surface area contributed by atoms with Crippen LogP contribution in [0, 0.1) is 31.6 Å². The van der Waals surface area contributed by atoms with Crippen molar-refractivity contribution in [3.05, 3.63) is 41.7 Å². The highest BCUT2D eigenvalue weighted by atomic mass is 16.2. The molecule has 3 aromatic heterocycles.